The minimum atomic E-state index is -3.33. The Morgan fingerprint density at radius 2 is 1.79 bits per heavy atom. The largest absolute Gasteiger partial charge is 0.313 e. The van der Waals surface area contributed by atoms with Crippen LogP contribution in [0.3, 0.4) is 0 Å². The molecule has 0 aliphatic heterocycles. The summed E-state index contributed by atoms with van der Waals surface area (Å²) in [6.07, 6.45) is 2.33. The maximum Gasteiger partial charge on any atom is 0.236 e. The Kier molecular flexibility index (Phi) is 4.16. The predicted molar refractivity (Wildman–Crippen MR) is 78.9 cm³/mol. The first kappa shape index (κ1) is 14.3. The molecule has 5 heteroatoms. The van der Waals surface area contributed by atoms with Crippen LogP contribution in [-0.2, 0) is 10.0 Å². The normalized spacial score (nSPS) is 17.2. The number of nitrogens with one attached hydrogen (secondary N) is 2. The standard InChI is InChI=1S/C14H22N2O2S/c1-10-6-11(2)8-14(7-10)16-19(17,18)12(3)9-15-13-4-5-13/h6-8,12-13,15-16H,4-5,9H2,1-3H3. The van der Waals surface area contributed by atoms with Gasteiger partial charge in [-0.15, -0.1) is 0 Å². The SMILES string of the molecule is Cc1cc(C)cc(NS(=O)(=O)C(C)CNC2CC2)c1. The lowest BCUT2D eigenvalue weighted by atomic mass is 10.1. The van der Waals surface area contributed by atoms with Crippen molar-refractivity contribution in [3.63, 3.8) is 0 Å². The van der Waals surface area contributed by atoms with Crippen LogP contribution < -0.4 is 10.0 Å². The lowest BCUT2D eigenvalue weighted by Crippen LogP contribution is -2.35. The van der Waals surface area contributed by atoms with Gasteiger partial charge in [0.25, 0.3) is 0 Å². The second kappa shape index (κ2) is 5.51. The number of rotatable bonds is 6. The first-order valence-electron chi connectivity index (χ1n) is 6.70. The molecule has 106 valence electrons. The van der Waals surface area contributed by atoms with E-state index in [2.05, 4.69) is 10.0 Å². The van der Waals surface area contributed by atoms with E-state index in [1.807, 2.05) is 32.0 Å². The van der Waals surface area contributed by atoms with E-state index in [0.29, 0.717) is 18.3 Å². The summed E-state index contributed by atoms with van der Waals surface area (Å²) in [6, 6.07) is 6.26. The van der Waals surface area contributed by atoms with Gasteiger partial charge in [-0.1, -0.05) is 6.07 Å². The summed E-state index contributed by atoms with van der Waals surface area (Å²) in [6.45, 7) is 6.16. The molecule has 0 saturated heterocycles. The lowest BCUT2D eigenvalue weighted by molar-refractivity contribution is 0.576. The van der Waals surface area contributed by atoms with E-state index < -0.39 is 15.3 Å². The number of anilines is 1. The van der Waals surface area contributed by atoms with E-state index in [0.717, 1.165) is 24.0 Å². The van der Waals surface area contributed by atoms with E-state index in [1.165, 1.54) is 0 Å². The highest BCUT2D eigenvalue weighted by atomic mass is 32.2. The third-order valence-electron chi connectivity index (χ3n) is 3.28. The van der Waals surface area contributed by atoms with E-state index >= 15 is 0 Å². The summed E-state index contributed by atoms with van der Waals surface area (Å²) in [5.74, 6) is 0. The molecule has 4 nitrogen and oxygen atoms in total. The molecule has 1 aromatic rings. The first-order valence-corrected chi connectivity index (χ1v) is 8.25. The third kappa shape index (κ3) is 4.21. The van der Waals surface area contributed by atoms with Crippen molar-refractivity contribution in [1.82, 2.24) is 5.32 Å². The Balaban J connectivity index is 2.02. The first-order chi connectivity index (χ1) is 8.87. The molecule has 1 fully saturated rings. The Hall–Kier alpha value is -1.07. The van der Waals surface area contributed by atoms with Gasteiger partial charge in [-0.2, -0.15) is 0 Å². The van der Waals surface area contributed by atoms with Crippen LogP contribution in [0.2, 0.25) is 0 Å². The van der Waals surface area contributed by atoms with Crippen LogP contribution >= 0.6 is 0 Å². The second-order valence-corrected chi connectivity index (χ2v) is 7.62. The molecule has 0 amide bonds. The zero-order valence-electron chi connectivity index (χ0n) is 11.7. The fourth-order valence-electron chi connectivity index (χ4n) is 2.03. The molecule has 2 rings (SSSR count). The molecule has 1 unspecified atom stereocenters. The smallest absolute Gasteiger partial charge is 0.236 e. The number of benzene rings is 1. The van der Waals surface area contributed by atoms with Crippen molar-refractivity contribution in [3.05, 3.63) is 29.3 Å². The van der Waals surface area contributed by atoms with Gasteiger partial charge in [0, 0.05) is 18.3 Å². The molecule has 0 bridgehead atoms. The van der Waals surface area contributed by atoms with E-state index in [4.69, 9.17) is 0 Å². The summed E-state index contributed by atoms with van der Waals surface area (Å²) in [5.41, 5.74) is 2.76. The lowest BCUT2D eigenvalue weighted by Gasteiger charge is -2.16. The van der Waals surface area contributed by atoms with Gasteiger partial charge in [-0.25, -0.2) is 8.42 Å². The van der Waals surface area contributed by atoms with Crippen molar-refractivity contribution in [3.8, 4) is 0 Å². The van der Waals surface area contributed by atoms with Crippen LogP contribution in [0.1, 0.15) is 30.9 Å². The highest BCUT2D eigenvalue weighted by Gasteiger charge is 2.25. The van der Waals surface area contributed by atoms with Crippen LogP contribution in [0.5, 0.6) is 0 Å². The molecule has 1 aliphatic rings. The second-order valence-electron chi connectivity index (χ2n) is 5.52. The maximum atomic E-state index is 12.2. The minimum absolute atomic E-state index is 0.436. The topological polar surface area (TPSA) is 58.2 Å². The van der Waals surface area contributed by atoms with Gasteiger partial charge in [0.05, 0.1) is 5.25 Å². The Morgan fingerprint density at radius 1 is 1.21 bits per heavy atom. The van der Waals surface area contributed by atoms with Gasteiger partial charge in [-0.05, 0) is 56.9 Å². The van der Waals surface area contributed by atoms with Gasteiger partial charge in [0.15, 0.2) is 0 Å². The van der Waals surface area contributed by atoms with Crippen LogP contribution in [0.4, 0.5) is 5.69 Å². The maximum absolute atomic E-state index is 12.2. The summed E-state index contributed by atoms with van der Waals surface area (Å²) in [7, 11) is -3.33. The van der Waals surface area contributed by atoms with E-state index in [1.54, 1.807) is 6.92 Å². The minimum Gasteiger partial charge on any atom is -0.313 e. The zero-order valence-corrected chi connectivity index (χ0v) is 12.5. The molecular formula is C14H22N2O2S. The fourth-order valence-corrected chi connectivity index (χ4v) is 2.99. The van der Waals surface area contributed by atoms with Crippen molar-refractivity contribution in [2.75, 3.05) is 11.3 Å². The van der Waals surface area contributed by atoms with Gasteiger partial charge < -0.3 is 5.32 Å². The van der Waals surface area contributed by atoms with Gasteiger partial charge >= 0.3 is 0 Å². The van der Waals surface area contributed by atoms with Crippen molar-refractivity contribution >= 4 is 15.7 Å². The van der Waals surface area contributed by atoms with Gasteiger partial charge in [-0.3, -0.25) is 4.72 Å². The van der Waals surface area contributed by atoms with Crippen LogP contribution in [0, 0.1) is 13.8 Å². The molecule has 0 spiro atoms. The van der Waals surface area contributed by atoms with Crippen molar-refractivity contribution in [1.29, 1.82) is 0 Å². The van der Waals surface area contributed by atoms with Crippen LogP contribution in [0.15, 0.2) is 18.2 Å². The molecule has 0 aromatic heterocycles. The summed E-state index contributed by atoms with van der Waals surface area (Å²) in [5, 5.41) is 2.82. The number of hydrogen-bond acceptors (Lipinski definition) is 3. The van der Waals surface area contributed by atoms with Crippen LogP contribution in [0.25, 0.3) is 0 Å². The van der Waals surface area contributed by atoms with E-state index in [-0.39, 0.29) is 0 Å². The van der Waals surface area contributed by atoms with Crippen molar-refractivity contribution in [2.24, 2.45) is 0 Å². The average molecular weight is 282 g/mol. The number of hydrogen-bond donors (Lipinski definition) is 2. The van der Waals surface area contributed by atoms with Gasteiger partial charge in [0.1, 0.15) is 0 Å². The monoisotopic (exact) mass is 282 g/mol. The zero-order chi connectivity index (χ0) is 14.0. The van der Waals surface area contributed by atoms with Crippen LogP contribution in [-0.4, -0.2) is 26.3 Å². The Bertz CT molecular complexity index is 530. The molecular weight excluding hydrogens is 260 g/mol. The third-order valence-corrected chi connectivity index (χ3v) is 5.03. The average Bonchev–Trinajstić information content (AvgIpc) is 3.07. The highest BCUT2D eigenvalue weighted by Crippen LogP contribution is 2.20. The Labute approximate surface area is 115 Å². The molecule has 1 atom stereocenters. The summed E-state index contributed by atoms with van der Waals surface area (Å²) in [4.78, 5) is 0. The van der Waals surface area contributed by atoms with Crippen molar-refractivity contribution < 1.29 is 8.42 Å². The quantitative estimate of drug-likeness (QED) is 0.841. The Morgan fingerprint density at radius 3 is 2.32 bits per heavy atom. The number of aryl methyl sites for hydroxylation is 2. The summed E-state index contributed by atoms with van der Waals surface area (Å²) >= 11 is 0. The van der Waals surface area contributed by atoms with Crippen molar-refractivity contribution in [2.45, 2.75) is 44.9 Å². The fraction of sp³-hybridized carbons (Fsp3) is 0.571. The molecule has 1 aromatic carbocycles. The molecule has 2 N–H and O–H groups in total. The molecule has 0 radical (unpaired) electrons. The highest BCUT2D eigenvalue weighted by molar-refractivity contribution is 7.93. The molecule has 1 saturated carbocycles. The molecule has 0 heterocycles. The van der Waals surface area contributed by atoms with E-state index in [9.17, 15) is 8.42 Å². The molecule has 19 heavy (non-hydrogen) atoms. The number of sulfonamides is 1. The van der Waals surface area contributed by atoms with Gasteiger partial charge in [0.2, 0.25) is 10.0 Å². The predicted octanol–water partition coefficient (Wildman–Crippen LogP) is 2.19. The molecule has 1 aliphatic carbocycles. The summed E-state index contributed by atoms with van der Waals surface area (Å²) < 4.78 is 27.1.